The Labute approximate surface area is 126 Å². The average molecular weight is 310 g/mol. The third kappa shape index (κ3) is 3.60. The topological polar surface area (TPSA) is 65.5 Å². The number of sulfonamides is 1. The van der Waals surface area contributed by atoms with E-state index in [9.17, 15) is 8.42 Å². The first kappa shape index (κ1) is 14.9. The van der Waals surface area contributed by atoms with Crippen molar-refractivity contribution in [3.05, 3.63) is 30.1 Å². The van der Waals surface area contributed by atoms with Crippen LogP contribution in [-0.4, -0.2) is 73.7 Å². The first-order chi connectivity index (χ1) is 10.1. The Bertz CT molecular complexity index is 552. The highest BCUT2D eigenvalue weighted by Gasteiger charge is 2.31. The SMILES string of the molecule is O=S(=O)(CCc1ccccn1)N1CCN(C2CNC2)CC1. The van der Waals surface area contributed by atoms with Crippen molar-refractivity contribution in [1.29, 1.82) is 0 Å². The molecule has 1 N–H and O–H groups in total. The summed E-state index contributed by atoms with van der Waals surface area (Å²) in [6.45, 7) is 4.98. The van der Waals surface area contributed by atoms with Gasteiger partial charge in [-0.25, -0.2) is 8.42 Å². The first-order valence-electron chi connectivity index (χ1n) is 7.48. The second-order valence-electron chi connectivity index (χ2n) is 5.63. The maximum atomic E-state index is 12.4. The molecule has 0 aliphatic carbocycles. The van der Waals surface area contributed by atoms with Crippen molar-refractivity contribution in [3.8, 4) is 0 Å². The van der Waals surface area contributed by atoms with Gasteiger partial charge in [0.15, 0.2) is 0 Å². The van der Waals surface area contributed by atoms with Crippen LogP contribution in [0.3, 0.4) is 0 Å². The Morgan fingerprint density at radius 3 is 2.52 bits per heavy atom. The fourth-order valence-electron chi connectivity index (χ4n) is 2.79. The van der Waals surface area contributed by atoms with E-state index in [0.29, 0.717) is 25.6 Å². The smallest absolute Gasteiger partial charge is 0.214 e. The van der Waals surface area contributed by atoms with Crippen molar-refractivity contribution in [2.24, 2.45) is 0 Å². The number of rotatable bonds is 5. The second-order valence-corrected chi connectivity index (χ2v) is 7.72. The summed E-state index contributed by atoms with van der Waals surface area (Å²) in [6.07, 6.45) is 2.18. The maximum Gasteiger partial charge on any atom is 0.214 e. The van der Waals surface area contributed by atoms with E-state index >= 15 is 0 Å². The van der Waals surface area contributed by atoms with Crippen molar-refractivity contribution in [2.45, 2.75) is 12.5 Å². The van der Waals surface area contributed by atoms with Crippen molar-refractivity contribution < 1.29 is 8.42 Å². The Balaban J connectivity index is 1.51. The van der Waals surface area contributed by atoms with Crippen LogP contribution in [-0.2, 0) is 16.4 Å². The lowest BCUT2D eigenvalue weighted by Crippen LogP contribution is -2.62. The van der Waals surface area contributed by atoms with Gasteiger partial charge < -0.3 is 5.32 Å². The summed E-state index contributed by atoms with van der Waals surface area (Å²) in [5.74, 6) is 0.148. The molecule has 7 heteroatoms. The molecule has 1 aromatic rings. The van der Waals surface area contributed by atoms with Crippen LogP contribution in [0.5, 0.6) is 0 Å². The lowest BCUT2D eigenvalue weighted by molar-refractivity contribution is 0.103. The van der Waals surface area contributed by atoms with Gasteiger partial charge in [-0.2, -0.15) is 4.31 Å². The summed E-state index contributed by atoms with van der Waals surface area (Å²) in [6, 6.07) is 6.20. The molecule has 0 radical (unpaired) electrons. The van der Waals surface area contributed by atoms with E-state index in [4.69, 9.17) is 0 Å². The van der Waals surface area contributed by atoms with E-state index in [1.165, 1.54) is 0 Å². The molecule has 0 amide bonds. The van der Waals surface area contributed by atoms with Gasteiger partial charge in [-0.1, -0.05) is 6.07 Å². The van der Waals surface area contributed by atoms with Crippen LogP contribution in [0, 0.1) is 0 Å². The molecular formula is C14H22N4O2S. The Hall–Kier alpha value is -1.02. The molecule has 0 bridgehead atoms. The number of aryl methyl sites for hydroxylation is 1. The van der Waals surface area contributed by atoms with Gasteiger partial charge in [0.05, 0.1) is 5.75 Å². The van der Waals surface area contributed by atoms with E-state index in [2.05, 4.69) is 15.2 Å². The summed E-state index contributed by atoms with van der Waals surface area (Å²) in [7, 11) is -3.17. The number of aromatic nitrogens is 1. The molecule has 2 aliphatic rings. The first-order valence-corrected chi connectivity index (χ1v) is 9.08. The van der Waals surface area contributed by atoms with E-state index in [-0.39, 0.29) is 5.75 Å². The molecule has 0 saturated carbocycles. The quantitative estimate of drug-likeness (QED) is 0.797. The standard InChI is InChI=1S/C14H22N4O2S/c19-21(20,10-4-13-3-1-2-5-16-13)18-8-6-17(7-9-18)14-11-15-12-14/h1-3,5,14-15H,4,6-12H2. The van der Waals surface area contributed by atoms with Gasteiger partial charge in [0.2, 0.25) is 10.0 Å². The van der Waals surface area contributed by atoms with Gasteiger partial charge in [-0.15, -0.1) is 0 Å². The fraction of sp³-hybridized carbons (Fsp3) is 0.643. The Morgan fingerprint density at radius 2 is 1.95 bits per heavy atom. The minimum atomic E-state index is -3.17. The summed E-state index contributed by atoms with van der Waals surface area (Å²) >= 11 is 0. The predicted molar refractivity (Wildman–Crippen MR) is 81.5 cm³/mol. The van der Waals surface area contributed by atoms with Gasteiger partial charge in [0.25, 0.3) is 0 Å². The van der Waals surface area contributed by atoms with E-state index in [0.717, 1.165) is 31.9 Å². The van der Waals surface area contributed by atoms with Crippen molar-refractivity contribution in [2.75, 3.05) is 45.0 Å². The van der Waals surface area contributed by atoms with E-state index in [1.807, 2.05) is 18.2 Å². The molecule has 116 valence electrons. The largest absolute Gasteiger partial charge is 0.314 e. The van der Waals surface area contributed by atoms with Crippen LogP contribution in [0.4, 0.5) is 0 Å². The molecule has 6 nitrogen and oxygen atoms in total. The van der Waals surface area contributed by atoms with Crippen LogP contribution < -0.4 is 5.32 Å². The number of nitrogens with zero attached hydrogens (tertiary/aromatic N) is 3. The molecule has 2 saturated heterocycles. The van der Waals surface area contributed by atoms with Gasteiger partial charge >= 0.3 is 0 Å². The molecular weight excluding hydrogens is 288 g/mol. The molecule has 0 spiro atoms. The molecule has 3 heterocycles. The summed E-state index contributed by atoms with van der Waals surface area (Å²) in [5.41, 5.74) is 0.834. The lowest BCUT2D eigenvalue weighted by Gasteiger charge is -2.42. The molecule has 3 rings (SSSR count). The highest BCUT2D eigenvalue weighted by atomic mass is 32.2. The monoisotopic (exact) mass is 310 g/mol. The zero-order chi connectivity index (χ0) is 14.7. The molecule has 21 heavy (non-hydrogen) atoms. The number of pyridine rings is 1. The van der Waals surface area contributed by atoms with Gasteiger partial charge in [-0.3, -0.25) is 9.88 Å². The molecule has 2 fully saturated rings. The highest BCUT2D eigenvalue weighted by Crippen LogP contribution is 2.13. The molecule has 0 unspecified atom stereocenters. The second kappa shape index (κ2) is 6.39. The van der Waals surface area contributed by atoms with Crippen LogP contribution in [0.15, 0.2) is 24.4 Å². The van der Waals surface area contributed by atoms with Crippen molar-refractivity contribution in [3.63, 3.8) is 0 Å². The number of nitrogens with one attached hydrogen (secondary N) is 1. The average Bonchev–Trinajstić information content (AvgIpc) is 2.45. The summed E-state index contributed by atoms with van der Waals surface area (Å²) in [5, 5.41) is 3.26. The predicted octanol–water partition coefficient (Wildman–Crippen LogP) is -0.457. The fourth-order valence-corrected chi connectivity index (χ4v) is 4.23. The third-order valence-electron chi connectivity index (χ3n) is 4.29. The Morgan fingerprint density at radius 1 is 1.19 bits per heavy atom. The minimum absolute atomic E-state index is 0.148. The minimum Gasteiger partial charge on any atom is -0.314 e. The van der Waals surface area contributed by atoms with Crippen LogP contribution in [0.25, 0.3) is 0 Å². The summed E-state index contributed by atoms with van der Waals surface area (Å²) in [4.78, 5) is 6.57. The van der Waals surface area contributed by atoms with E-state index in [1.54, 1.807) is 10.5 Å². The number of hydrogen-bond donors (Lipinski definition) is 1. The molecule has 1 aromatic heterocycles. The van der Waals surface area contributed by atoms with Crippen LogP contribution in [0.1, 0.15) is 5.69 Å². The number of piperazine rings is 1. The number of hydrogen-bond acceptors (Lipinski definition) is 5. The highest BCUT2D eigenvalue weighted by molar-refractivity contribution is 7.89. The van der Waals surface area contributed by atoms with E-state index < -0.39 is 10.0 Å². The normalized spacial score (nSPS) is 22.1. The zero-order valence-corrected chi connectivity index (χ0v) is 12.9. The third-order valence-corrected chi connectivity index (χ3v) is 6.16. The molecule has 2 aliphatic heterocycles. The lowest BCUT2D eigenvalue weighted by atomic mass is 10.1. The molecule has 0 aromatic carbocycles. The zero-order valence-electron chi connectivity index (χ0n) is 12.1. The maximum absolute atomic E-state index is 12.4. The van der Waals surface area contributed by atoms with Crippen molar-refractivity contribution >= 4 is 10.0 Å². The van der Waals surface area contributed by atoms with Gasteiger partial charge in [0, 0.05) is 63.6 Å². The van der Waals surface area contributed by atoms with Crippen LogP contribution in [0.2, 0.25) is 0 Å². The van der Waals surface area contributed by atoms with Crippen LogP contribution >= 0.6 is 0 Å². The Kier molecular flexibility index (Phi) is 4.54. The van der Waals surface area contributed by atoms with Crippen molar-refractivity contribution in [1.82, 2.24) is 19.5 Å². The summed E-state index contributed by atoms with van der Waals surface area (Å²) < 4.78 is 26.4. The van der Waals surface area contributed by atoms with Gasteiger partial charge in [-0.05, 0) is 12.1 Å². The van der Waals surface area contributed by atoms with Gasteiger partial charge in [0.1, 0.15) is 0 Å². The molecule has 0 atom stereocenters.